The quantitative estimate of drug-likeness (QED) is 0.932. The van der Waals surface area contributed by atoms with Crippen LogP contribution in [-0.4, -0.2) is 16.5 Å². The molecule has 1 saturated carbocycles. The van der Waals surface area contributed by atoms with Crippen molar-refractivity contribution in [2.45, 2.75) is 37.7 Å². The fraction of sp³-hybridized carbons (Fsp3) is 0.462. The van der Waals surface area contributed by atoms with Crippen LogP contribution in [0.25, 0.3) is 0 Å². The van der Waals surface area contributed by atoms with Gasteiger partial charge in [0.15, 0.2) is 5.78 Å². The van der Waals surface area contributed by atoms with E-state index < -0.39 is 5.60 Å². The minimum atomic E-state index is -1.19. The van der Waals surface area contributed by atoms with Gasteiger partial charge in [-0.15, -0.1) is 0 Å². The molecule has 0 spiro atoms. The number of rotatable bonds is 3. The third-order valence-electron chi connectivity index (χ3n) is 3.31. The molecule has 1 aromatic carbocycles. The third-order valence-corrected chi connectivity index (χ3v) is 4.08. The normalized spacial score (nSPS) is 18.3. The summed E-state index contributed by atoms with van der Waals surface area (Å²) in [4.78, 5) is 12.0. The molecule has 0 amide bonds. The van der Waals surface area contributed by atoms with Crippen LogP contribution in [0.1, 0.15) is 31.2 Å². The van der Waals surface area contributed by atoms with E-state index in [1.807, 2.05) is 0 Å². The molecule has 0 aliphatic heterocycles. The second kappa shape index (κ2) is 4.86. The van der Waals surface area contributed by atoms with Crippen molar-refractivity contribution in [2.75, 3.05) is 0 Å². The van der Waals surface area contributed by atoms with Gasteiger partial charge in [-0.25, -0.2) is 4.39 Å². The second-order valence-corrected chi connectivity index (χ2v) is 5.43. The number of carbonyl (C=O) groups excluding carboxylic acids is 1. The van der Waals surface area contributed by atoms with Crippen LogP contribution in [0, 0.1) is 5.82 Å². The van der Waals surface area contributed by atoms with Gasteiger partial charge in [-0.2, -0.15) is 0 Å². The van der Waals surface area contributed by atoms with Gasteiger partial charge in [0.2, 0.25) is 0 Å². The molecular weight excluding hydrogens is 287 g/mol. The van der Waals surface area contributed by atoms with Gasteiger partial charge in [0.1, 0.15) is 11.4 Å². The molecule has 2 nitrogen and oxygen atoms in total. The van der Waals surface area contributed by atoms with Crippen LogP contribution < -0.4 is 0 Å². The molecule has 17 heavy (non-hydrogen) atoms. The lowest BCUT2D eigenvalue weighted by Crippen LogP contribution is -2.36. The van der Waals surface area contributed by atoms with Crippen LogP contribution in [0.15, 0.2) is 22.7 Å². The predicted molar refractivity (Wildman–Crippen MR) is 66.2 cm³/mol. The van der Waals surface area contributed by atoms with Crippen LogP contribution >= 0.6 is 15.9 Å². The minimum absolute atomic E-state index is 0.0782. The maximum atomic E-state index is 13.1. The zero-order chi connectivity index (χ0) is 12.5. The van der Waals surface area contributed by atoms with E-state index in [9.17, 15) is 14.3 Å². The van der Waals surface area contributed by atoms with Crippen molar-refractivity contribution in [3.8, 4) is 0 Å². The third kappa shape index (κ3) is 2.75. The van der Waals surface area contributed by atoms with Gasteiger partial charge in [-0.05, 0) is 49.4 Å². The van der Waals surface area contributed by atoms with Gasteiger partial charge in [0.05, 0.1) is 0 Å². The lowest BCUT2D eigenvalue weighted by atomic mass is 9.92. The predicted octanol–water partition coefficient (Wildman–Crippen LogP) is 3.00. The lowest BCUT2D eigenvalue weighted by Gasteiger charge is -2.20. The summed E-state index contributed by atoms with van der Waals surface area (Å²) in [6.07, 6.45) is 2.89. The minimum Gasteiger partial charge on any atom is -0.382 e. The number of hydrogen-bond donors (Lipinski definition) is 1. The molecule has 2 rings (SSSR count). The van der Waals surface area contributed by atoms with Crippen LogP contribution in [0.5, 0.6) is 0 Å². The highest BCUT2D eigenvalue weighted by Gasteiger charge is 2.38. The Morgan fingerprint density at radius 3 is 2.71 bits per heavy atom. The van der Waals surface area contributed by atoms with Crippen molar-refractivity contribution in [3.05, 3.63) is 34.1 Å². The van der Waals surface area contributed by atoms with Gasteiger partial charge in [0.25, 0.3) is 0 Å². The number of ketones is 1. The number of halogens is 2. The summed E-state index contributed by atoms with van der Waals surface area (Å²) in [6.45, 7) is 0. The molecule has 1 aliphatic rings. The van der Waals surface area contributed by atoms with E-state index in [2.05, 4.69) is 15.9 Å². The van der Waals surface area contributed by atoms with E-state index in [0.29, 0.717) is 22.9 Å². The standard InChI is InChI=1S/C13H14BrFO2/c14-11-4-3-10(15)7-9(11)8-12(16)13(17)5-1-2-6-13/h3-4,7,17H,1-2,5-6,8H2. The molecule has 4 heteroatoms. The summed E-state index contributed by atoms with van der Waals surface area (Å²) in [5, 5.41) is 10.1. The van der Waals surface area contributed by atoms with Gasteiger partial charge < -0.3 is 5.11 Å². The summed E-state index contributed by atoms with van der Waals surface area (Å²) in [6, 6.07) is 4.25. The fourth-order valence-corrected chi connectivity index (χ4v) is 2.64. The van der Waals surface area contributed by atoms with Crippen molar-refractivity contribution < 1.29 is 14.3 Å². The Bertz CT molecular complexity index is 439. The fourth-order valence-electron chi connectivity index (χ4n) is 2.26. The smallest absolute Gasteiger partial charge is 0.168 e. The van der Waals surface area contributed by atoms with Crippen molar-refractivity contribution in [2.24, 2.45) is 0 Å². The topological polar surface area (TPSA) is 37.3 Å². The zero-order valence-corrected chi connectivity index (χ0v) is 11.0. The Balaban J connectivity index is 2.15. The molecule has 0 unspecified atom stereocenters. The van der Waals surface area contributed by atoms with E-state index >= 15 is 0 Å². The number of benzene rings is 1. The van der Waals surface area contributed by atoms with Crippen molar-refractivity contribution in [1.29, 1.82) is 0 Å². The zero-order valence-electron chi connectivity index (χ0n) is 9.38. The molecule has 0 bridgehead atoms. The number of aliphatic hydroxyl groups is 1. The molecule has 0 radical (unpaired) electrons. The molecular formula is C13H14BrFO2. The van der Waals surface area contributed by atoms with E-state index in [4.69, 9.17) is 0 Å². The largest absolute Gasteiger partial charge is 0.382 e. The molecule has 0 aromatic heterocycles. The first-order valence-electron chi connectivity index (χ1n) is 5.71. The number of carbonyl (C=O) groups is 1. The summed E-state index contributed by atoms with van der Waals surface area (Å²) >= 11 is 3.28. The Labute approximate surface area is 108 Å². The molecule has 0 atom stereocenters. The first-order valence-corrected chi connectivity index (χ1v) is 6.50. The van der Waals surface area contributed by atoms with Crippen molar-refractivity contribution in [3.63, 3.8) is 0 Å². The van der Waals surface area contributed by atoms with Gasteiger partial charge in [-0.3, -0.25) is 4.79 Å². The summed E-state index contributed by atoms with van der Waals surface area (Å²) in [5.41, 5.74) is -0.596. The first kappa shape index (κ1) is 12.7. The molecule has 0 heterocycles. The Hall–Kier alpha value is -0.740. The van der Waals surface area contributed by atoms with E-state index in [1.54, 1.807) is 6.07 Å². The summed E-state index contributed by atoms with van der Waals surface area (Å²) < 4.78 is 13.8. The molecule has 1 fully saturated rings. The molecule has 1 aliphatic carbocycles. The maximum absolute atomic E-state index is 13.1. The average molecular weight is 301 g/mol. The highest BCUT2D eigenvalue weighted by molar-refractivity contribution is 9.10. The van der Waals surface area contributed by atoms with Gasteiger partial charge in [-0.1, -0.05) is 15.9 Å². The van der Waals surface area contributed by atoms with Gasteiger partial charge >= 0.3 is 0 Å². The Morgan fingerprint density at radius 1 is 1.41 bits per heavy atom. The molecule has 0 saturated heterocycles. The second-order valence-electron chi connectivity index (χ2n) is 4.57. The average Bonchev–Trinajstić information content (AvgIpc) is 2.72. The van der Waals surface area contributed by atoms with Crippen molar-refractivity contribution >= 4 is 21.7 Å². The lowest BCUT2D eigenvalue weighted by molar-refractivity contribution is -0.136. The maximum Gasteiger partial charge on any atom is 0.168 e. The van der Waals surface area contributed by atoms with E-state index in [-0.39, 0.29) is 18.0 Å². The van der Waals surface area contributed by atoms with Crippen molar-refractivity contribution in [1.82, 2.24) is 0 Å². The molecule has 92 valence electrons. The SMILES string of the molecule is O=C(Cc1cc(F)ccc1Br)C1(O)CCCC1. The van der Waals surface area contributed by atoms with Crippen LogP contribution in [0.3, 0.4) is 0 Å². The highest BCUT2D eigenvalue weighted by atomic mass is 79.9. The number of Topliss-reactive ketones (excluding diaryl/α,β-unsaturated/α-hetero) is 1. The Kier molecular flexibility index (Phi) is 3.64. The van der Waals surface area contributed by atoms with Gasteiger partial charge in [0, 0.05) is 10.9 Å². The van der Waals surface area contributed by atoms with E-state index in [1.165, 1.54) is 12.1 Å². The molecule has 1 aromatic rings. The van der Waals surface area contributed by atoms with Crippen LogP contribution in [0.4, 0.5) is 4.39 Å². The van der Waals surface area contributed by atoms with E-state index in [0.717, 1.165) is 12.8 Å². The molecule has 1 N–H and O–H groups in total. The Morgan fingerprint density at radius 2 is 2.06 bits per heavy atom. The number of hydrogen-bond acceptors (Lipinski definition) is 2. The first-order chi connectivity index (χ1) is 8.01. The monoisotopic (exact) mass is 300 g/mol. The van der Waals surface area contributed by atoms with Crippen LogP contribution in [0.2, 0.25) is 0 Å². The summed E-state index contributed by atoms with van der Waals surface area (Å²) in [7, 11) is 0. The summed E-state index contributed by atoms with van der Waals surface area (Å²) in [5.74, 6) is -0.573. The highest BCUT2D eigenvalue weighted by Crippen LogP contribution is 2.32. The van der Waals surface area contributed by atoms with Crippen LogP contribution in [-0.2, 0) is 11.2 Å².